The van der Waals surface area contributed by atoms with Gasteiger partial charge in [-0.05, 0) is 11.1 Å². The van der Waals surface area contributed by atoms with Crippen molar-refractivity contribution in [3.05, 3.63) is 48.0 Å². The van der Waals surface area contributed by atoms with Crippen molar-refractivity contribution < 1.29 is 19.5 Å². The van der Waals surface area contributed by atoms with E-state index in [1.54, 1.807) is 24.3 Å². The number of nitrogens with zero attached hydrogens (tertiary/aromatic N) is 1. The molecule has 2 aliphatic rings. The van der Waals surface area contributed by atoms with Crippen LogP contribution in [0.1, 0.15) is 11.6 Å². The maximum absolute atomic E-state index is 12.3. The minimum atomic E-state index is -1.11. The molecule has 0 aromatic heterocycles. The fraction of sp³-hybridized carbons (Fsp3) is 0.312. The van der Waals surface area contributed by atoms with Gasteiger partial charge in [0.1, 0.15) is 17.5 Å². The van der Waals surface area contributed by atoms with Gasteiger partial charge >= 0.3 is 5.97 Å². The van der Waals surface area contributed by atoms with Crippen LogP contribution in [0, 0.1) is 0 Å². The maximum atomic E-state index is 12.3. The normalized spacial score (nSPS) is 27.0. The number of hydrogen-bond acceptors (Lipinski definition) is 5. The molecule has 4 atom stereocenters. The van der Waals surface area contributed by atoms with Crippen LogP contribution in [0.15, 0.2) is 42.5 Å². The number of benzene rings is 1. The van der Waals surface area contributed by atoms with Gasteiger partial charge in [-0.1, -0.05) is 36.9 Å². The fourth-order valence-corrected chi connectivity index (χ4v) is 4.19. The maximum Gasteiger partial charge on any atom is 0.330 e. The monoisotopic (exact) mass is 347 g/mol. The van der Waals surface area contributed by atoms with Gasteiger partial charge in [-0.3, -0.25) is 9.59 Å². The Balaban J connectivity index is 1.69. The van der Waals surface area contributed by atoms with Crippen molar-refractivity contribution in [2.45, 2.75) is 23.5 Å². The molecule has 2 unspecified atom stereocenters. The SMILES string of the molecule is C=C1CS[C@@H]2[C@H](NC(=O)C(N)c3ccccc3)C(=O)N2C1C(=O)O. The summed E-state index contributed by atoms with van der Waals surface area (Å²) in [7, 11) is 0. The number of carbonyl (C=O) groups excluding carboxylic acids is 2. The minimum absolute atomic E-state index is 0.406. The summed E-state index contributed by atoms with van der Waals surface area (Å²) in [5, 5.41) is 11.5. The van der Waals surface area contributed by atoms with Crippen LogP contribution in [-0.4, -0.2) is 51.0 Å². The van der Waals surface area contributed by atoms with E-state index in [2.05, 4.69) is 11.9 Å². The Morgan fingerprint density at radius 3 is 2.67 bits per heavy atom. The van der Waals surface area contributed by atoms with E-state index in [1.165, 1.54) is 16.7 Å². The smallest absolute Gasteiger partial charge is 0.330 e. The number of carbonyl (C=O) groups is 3. The van der Waals surface area contributed by atoms with E-state index in [1.807, 2.05) is 6.07 Å². The third-order valence-corrected chi connectivity index (χ3v) is 5.54. The van der Waals surface area contributed by atoms with E-state index in [9.17, 15) is 19.5 Å². The lowest BCUT2D eigenvalue weighted by molar-refractivity contribution is -0.160. The van der Waals surface area contributed by atoms with E-state index in [-0.39, 0.29) is 0 Å². The average molecular weight is 347 g/mol. The van der Waals surface area contributed by atoms with Crippen LogP contribution in [0.3, 0.4) is 0 Å². The predicted octanol–water partition coefficient (Wildman–Crippen LogP) is 0.0957. The molecule has 1 aromatic rings. The minimum Gasteiger partial charge on any atom is -0.479 e. The summed E-state index contributed by atoms with van der Waals surface area (Å²) in [5.41, 5.74) is 7.04. The lowest BCUT2D eigenvalue weighted by atomic mass is 9.98. The first kappa shape index (κ1) is 16.5. The number of β-lactam (4-membered cyclic amide) rings is 1. The zero-order valence-corrected chi connectivity index (χ0v) is 13.5. The van der Waals surface area contributed by atoms with Crippen molar-refractivity contribution in [3.63, 3.8) is 0 Å². The molecule has 1 aromatic carbocycles. The van der Waals surface area contributed by atoms with E-state index in [4.69, 9.17) is 5.73 Å². The second-order valence-corrected chi connectivity index (χ2v) is 6.83. The fourth-order valence-electron chi connectivity index (χ4n) is 2.89. The van der Waals surface area contributed by atoms with Gasteiger partial charge in [0, 0.05) is 5.75 Å². The number of aliphatic carboxylic acids is 1. The van der Waals surface area contributed by atoms with Gasteiger partial charge in [-0.15, -0.1) is 11.8 Å². The van der Waals surface area contributed by atoms with Gasteiger partial charge < -0.3 is 21.1 Å². The number of hydrogen-bond donors (Lipinski definition) is 3. The number of amides is 2. The molecule has 2 amide bonds. The molecule has 2 fully saturated rings. The van der Waals surface area contributed by atoms with E-state index in [0.717, 1.165) is 0 Å². The van der Waals surface area contributed by atoms with Gasteiger partial charge in [-0.2, -0.15) is 0 Å². The number of nitrogens with one attached hydrogen (secondary N) is 1. The average Bonchev–Trinajstić information content (AvgIpc) is 2.59. The van der Waals surface area contributed by atoms with Gasteiger partial charge in [0.05, 0.1) is 0 Å². The molecule has 0 spiro atoms. The van der Waals surface area contributed by atoms with Crippen molar-refractivity contribution in [1.29, 1.82) is 0 Å². The van der Waals surface area contributed by atoms with E-state index >= 15 is 0 Å². The molecule has 7 nitrogen and oxygen atoms in total. The molecule has 0 radical (unpaired) electrons. The Kier molecular flexibility index (Phi) is 4.33. The highest BCUT2D eigenvalue weighted by molar-refractivity contribution is 8.00. The molecule has 2 aliphatic heterocycles. The van der Waals surface area contributed by atoms with Crippen molar-refractivity contribution >= 4 is 29.5 Å². The van der Waals surface area contributed by atoms with Gasteiger partial charge in [0.25, 0.3) is 0 Å². The van der Waals surface area contributed by atoms with Crippen molar-refractivity contribution in [2.75, 3.05) is 5.75 Å². The molecule has 2 saturated heterocycles. The number of carboxylic acids is 1. The molecule has 3 rings (SSSR count). The quantitative estimate of drug-likeness (QED) is 0.526. The highest BCUT2D eigenvalue weighted by atomic mass is 32.2. The summed E-state index contributed by atoms with van der Waals surface area (Å²) in [6.45, 7) is 3.72. The Bertz CT molecular complexity index is 709. The zero-order valence-electron chi connectivity index (χ0n) is 12.7. The molecule has 8 heteroatoms. The lowest BCUT2D eigenvalue weighted by Crippen LogP contribution is -2.74. The standard InChI is InChI=1S/C16H17N3O4S/c1-8-7-24-15-11(14(21)19(15)12(8)16(22)23)18-13(20)10(17)9-5-3-2-4-6-9/h2-6,10-12,15H,1,7,17H2,(H,18,20)(H,22,23)/t10?,11-,12?,15-/m1/s1. The summed E-state index contributed by atoms with van der Waals surface area (Å²) in [6, 6.07) is 6.17. The molecular formula is C16H17N3O4S. The summed E-state index contributed by atoms with van der Waals surface area (Å²) >= 11 is 1.39. The molecule has 126 valence electrons. The molecular weight excluding hydrogens is 330 g/mol. The second-order valence-electron chi connectivity index (χ2n) is 5.72. The first-order chi connectivity index (χ1) is 11.4. The molecule has 0 bridgehead atoms. The van der Waals surface area contributed by atoms with E-state index < -0.39 is 41.3 Å². The Morgan fingerprint density at radius 1 is 1.38 bits per heavy atom. The highest BCUT2D eigenvalue weighted by Gasteiger charge is 2.56. The van der Waals surface area contributed by atoms with Crippen LogP contribution < -0.4 is 11.1 Å². The lowest BCUT2D eigenvalue weighted by Gasteiger charge is -2.52. The Labute approximate surface area is 142 Å². The van der Waals surface area contributed by atoms with Crippen LogP contribution in [0.25, 0.3) is 0 Å². The first-order valence-electron chi connectivity index (χ1n) is 7.37. The number of carboxylic acid groups (broad SMARTS) is 1. The molecule has 4 N–H and O–H groups in total. The van der Waals surface area contributed by atoms with Crippen LogP contribution >= 0.6 is 11.8 Å². The second kappa shape index (κ2) is 6.29. The van der Waals surface area contributed by atoms with Crippen LogP contribution in [0.4, 0.5) is 0 Å². The Hall–Kier alpha value is -2.32. The highest BCUT2D eigenvalue weighted by Crippen LogP contribution is 2.40. The summed E-state index contributed by atoms with van der Waals surface area (Å²) in [6.07, 6.45) is 0. The largest absolute Gasteiger partial charge is 0.479 e. The summed E-state index contributed by atoms with van der Waals surface area (Å²) in [4.78, 5) is 37.2. The van der Waals surface area contributed by atoms with Crippen LogP contribution in [0.5, 0.6) is 0 Å². The number of rotatable bonds is 4. The van der Waals surface area contributed by atoms with Crippen molar-refractivity contribution in [1.82, 2.24) is 10.2 Å². The van der Waals surface area contributed by atoms with Gasteiger partial charge in [0.2, 0.25) is 11.8 Å². The van der Waals surface area contributed by atoms with Crippen LogP contribution in [0.2, 0.25) is 0 Å². The molecule has 24 heavy (non-hydrogen) atoms. The van der Waals surface area contributed by atoms with Crippen molar-refractivity contribution in [2.24, 2.45) is 5.73 Å². The summed E-state index contributed by atoms with van der Waals surface area (Å²) in [5.74, 6) is -1.56. The Morgan fingerprint density at radius 2 is 2.04 bits per heavy atom. The van der Waals surface area contributed by atoms with Crippen LogP contribution in [-0.2, 0) is 14.4 Å². The van der Waals surface area contributed by atoms with E-state index in [0.29, 0.717) is 16.9 Å². The molecule has 2 heterocycles. The number of thioether (sulfide) groups is 1. The summed E-state index contributed by atoms with van der Waals surface area (Å²) < 4.78 is 0. The third kappa shape index (κ3) is 2.67. The van der Waals surface area contributed by atoms with Gasteiger partial charge in [-0.25, -0.2) is 4.79 Å². The zero-order chi connectivity index (χ0) is 17.4. The number of fused-ring (bicyclic) bond motifs is 1. The third-order valence-electron chi connectivity index (χ3n) is 4.16. The topological polar surface area (TPSA) is 113 Å². The molecule has 0 aliphatic carbocycles. The number of nitrogens with two attached hydrogens (primary N) is 1. The predicted molar refractivity (Wildman–Crippen MR) is 89.0 cm³/mol. The molecule has 0 saturated carbocycles. The van der Waals surface area contributed by atoms with Crippen molar-refractivity contribution in [3.8, 4) is 0 Å². The first-order valence-corrected chi connectivity index (χ1v) is 8.42. The van der Waals surface area contributed by atoms with Gasteiger partial charge in [0.15, 0.2) is 6.04 Å².